The van der Waals surface area contributed by atoms with Crippen molar-refractivity contribution in [2.45, 2.75) is 38.8 Å². The molecule has 1 saturated carbocycles. The second kappa shape index (κ2) is 8.32. The van der Waals surface area contributed by atoms with Gasteiger partial charge in [0.2, 0.25) is 11.7 Å². The Balaban J connectivity index is 1.52. The molecule has 3 heterocycles. The predicted octanol–water partition coefficient (Wildman–Crippen LogP) is 0.645. The molecule has 1 unspecified atom stereocenters. The largest absolute Gasteiger partial charge is 0.383 e. The van der Waals surface area contributed by atoms with E-state index in [1.165, 1.54) is 6.33 Å². The Morgan fingerprint density at radius 3 is 2.83 bits per heavy atom. The SMILES string of the molecule is CCn1c(C(=O)NCCOC)nc2c(NC3CCN(C(=O)C4CC4)C3)ncnc21. The van der Waals surface area contributed by atoms with Crippen LogP contribution in [-0.2, 0) is 16.1 Å². The number of amides is 2. The summed E-state index contributed by atoms with van der Waals surface area (Å²) in [6.45, 7) is 4.78. The van der Waals surface area contributed by atoms with E-state index in [1.807, 2.05) is 11.8 Å². The van der Waals surface area contributed by atoms with E-state index in [4.69, 9.17) is 4.74 Å². The lowest BCUT2D eigenvalue weighted by molar-refractivity contribution is -0.131. The predicted molar refractivity (Wildman–Crippen MR) is 107 cm³/mol. The summed E-state index contributed by atoms with van der Waals surface area (Å²) in [5, 5.41) is 6.21. The van der Waals surface area contributed by atoms with Crippen molar-refractivity contribution in [3.63, 3.8) is 0 Å². The zero-order valence-electron chi connectivity index (χ0n) is 16.8. The van der Waals surface area contributed by atoms with E-state index in [9.17, 15) is 9.59 Å². The minimum atomic E-state index is -0.269. The number of ether oxygens (including phenoxy) is 1. The first-order valence-corrected chi connectivity index (χ1v) is 10.2. The van der Waals surface area contributed by atoms with Gasteiger partial charge in [-0.25, -0.2) is 15.0 Å². The van der Waals surface area contributed by atoms with Gasteiger partial charge in [0, 0.05) is 45.2 Å². The molecule has 0 radical (unpaired) electrons. The van der Waals surface area contributed by atoms with Crippen LogP contribution in [-0.4, -0.2) is 75.6 Å². The van der Waals surface area contributed by atoms with Crippen LogP contribution in [0.3, 0.4) is 0 Å². The van der Waals surface area contributed by atoms with Crippen molar-refractivity contribution in [1.29, 1.82) is 0 Å². The molecule has 156 valence electrons. The van der Waals surface area contributed by atoms with Crippen molar-refractivity contribution in [1.82, 2.24) is 29.7 Å². The standard InChI is InChI=1S/C19H27N7O3/c1-3-26-16-14(24-17(26)18(27)20-7-9-29-2)15(21-11-22-16)23-13-6-8-25(10-13)19(28)12-4-5-12/h11-13H,3-10H2,1-2H3,(H,20,27)(H,21,22,23). The first kappa shape index (κ1) is 19.6. The second-order valence-electron chi connectivity index (χ2n) is 7.51. The van der Waals surface area contributed by atoms with Gasteiger partial charge in [0.1, 0.15) is 6.33 Å². The molecule has 0 bridgehead atoms. The molecule has 10 heteroatoms. The fraction of sp³-hybridized carbons (Fsp3) is 0.632. The van der Waals surface area contributed by atoms with Gasteiger partial charge in [0.15, 0.2) is 17.0 Å². The van der Waals surface area contributed by atoms with Crippen LogP contribution >= 0.6 is 0 Å². The highest BCUT2D eigenvalue weighted by Crippen LogP contribution is 2.32. The molecule has 1 aliphatic carbocycles. The molecule has 2 fully saturated rings. The molecule has 4 rings (SSSR count). The van der Waals surface area contributed by atoms with Crippen molar-refractivity contribution in [3.05, 3.63) is 12.2 Å². The average molecular weight is 401 g/mol. The highest BCUT2D eigenvalue weighted by molar-refractivity contribution is 5.96. The number of likely N-dealkylation sites (tertiary alicyclic amines) is 1. The summed E-state index contributed by atoms with van der Waals surface area (Å²) in [7, 11) is 1.59. The first-order chi connectivity index (χ1) is 14.1. The van der Waals surface area contributed by atoms with E-state index in [2.05, 4.69) is 25.6 Å². The highest BCUT2D eigenvalue weighted by Gasteiger charge is 2.36. The van der Waals surface area contributed by atoms with Gasteiger partial charge in [0.05, 0.1) is 6.61 Å². The van der Waals surface area contributed by atoms with Gasteiger partial charge in [-0.3, -0.25) is 9.59 Å². The summed E-state index contributed by atoms with van der Waals surface area (Å²) in [6, 6.07) is 0.113. The van der Waals surface area contributed by atoms with Crippen molar-refractivity contribution in [3.8, 4) is 0 Å². The lowest BCUT2D eigenvalue weighted by atomic mass is 10.2. The van der Waals surface area contributed by atoms with Crippen molar-refractivity contribution < 1.29 is 14.3 Å². The maximum Gasteiger partial charge on any atom is 0.287 e. The number of anilines is 1. The van der Waals surface area contributed by atoms with Crippen LogP contribution < -0.4 is 10.6 Å². The second-order valence-corrected chi connectivity index (χ2v) is 7.51. The number of aromatic nitrogens is 4. The Morgan fingerprint density at radius 1 is 1.28 bits per heavy atom. The van der Waals surface area contributed by atoms with Crippen LogP contribution in [0, 0.1) is 5.92 Å². The molecule has 10 nitrogen and oxygen atoms in total. The molecule has 1 aliphatic heterocycles. The van der Waals surface area contributed by atoms with E-state index in [0.717, 1.165) is 25.8 Å². The minimum absolute atomic E-state index is 0.113. The summed E-state index contributed by atoms with van der Waals surface area (Å²) in [5.41, 5.74) is 1.18. The molecular formula is C19H27N7O3. The van der Waals surface area contributed by atoms with Crippen molar-refractivity contribution in [2.75, 3.05) is 38.7 Å². The summed E-state index contributed by atoms with van der Waals surface area (Å²) in [6.07, 6.45) is 4.38. The van der Waals surface area contributed by atoms with Gasteiger partial charge in [-0.1, -0.05) is 0 Å². The van der Waals surface area contributed by atoms with Crippen LogP contribution in [0.15, 0.2) is 6.33 Å². The summed E-state index contributed by atoms with van der Waals surface area (Å²) in [4.78, 5) is 40.0. The van der Waals surface area contributed by atoms with Crippen LogP contribution in [0.1, 0.15) is 36.8 Å². The number of nitrogens with one attached hydrogen (secondary N) is 2. The number of nitrogens with zero attached hydrogens (tertiary/aromatic N) is 5. The third-order valence-corrected chi connectivity index (χ3v) is 5.41. The number of imidazole rings is 1. The molecule has 2 amide bonds. The van der Waals surface area contributed by atoms with Gasteiger partial charge < -0.3 is 24.8 Å². The number of fused-ring (bicyclic) bond motifs is 1. The Labute approximate surface area is 169 Å². The Bertz CT molecular complexity index is 909. The zero-order valence-corrected chi connectivity index (χ0v) is 16.8. The van der Waals surface area contributed by atoms with Crippen LogP contribution in [0.25, 0.3) is 11.2 Å². The maximum atomic E-state index is 12.5. The number of aryl methyl sites for hydroxylation is 1. The van der Waals surface area contributed by atoms with Crippen molar-refractivity contribution in [2.24, 2.45) is 5.92 Å². The maximum absolute atomic E-state index is 12.5. The summed E-state index contributed by atoms with van der Waals surface area (Å²) >= 11 is 0. The summed E-state index contributed by atoms with van der Waals surface area (Å²) < 4.78 is 6.76. The Kier molecular flexibility index (Phi) is 5.61. The van der Waals surface area contributed by atoms with Crippen LogP contribution in [0.2, 0.25) is 0 Å². The molecule has 0 aromatic carbocycles. The number of rotatable bonds is 8. The van der Waals surface area contributed by atoms with Gasteiger partial charge in [-0.15, -0.1) is 0 Å². The third-order valence-electron chi connectivity index (χ3n) is 5.41. The van der Waals surface area contributed by atoms with Gasteiger partial charge in [-0.2, -0.15) is 0 Å². The monoisotopic (exact) mass is 401 g/mol. The normalized spacial score (nSPS) is 19.0. The quantitative estimate of drug-likeness (QED) is 0.624. The molecule has 1 saturated heterocycles. The number of hydrogen-bond donors (Lipinski definition) is 2. The fourth-order valence-corrected chi connectivity index (χ4v) is 3.72. The molecule has 0 spiro atoms. The van der Waals surface area contributed by atoms with Crippen LogP contribution in [0.4, 0.5) is 5.82 Å². The molecule has 2 aliphatic rings. The van der Waals surface area contributed by atoms with Gasteiger partial charge in [-0.05, 0) is 26.2 Å². The smallest absolute Gasteiger partial charge is 0.287 e. The molecule has 2 aromatic heterocycles. The van der Waals surface area contributed by atoms with E-state index >= 15 is 0 Å². The molecule has 1 atom stereocenters. The number of carbonyl (C=O) groups excluding carboxylic acids is 2. The fourth-order valence-electron chi connectivity index (χ4n) is 3.72. The lowest BCUT2D eigenvalue weighted by Crippen LogP contribution is -2.32. The zero-order chi connectivity index (χ0) is 20.4. The number of hydrogen-bond acceptors (Lipinski definition) is 7. The number of methoxy groups -OCH3 is 1. The van der Waals surface area contributed by atoms with E-state index < -0.39 is 0 Å². The van der Waals surface area contributed by atoms with Gasteiger partial charge in [0.25, 0.3) is 5.91 Å². The van der Waals surface area contributed by atoms with E-state index in [0.29, 0.717) is 49.0 Å². The van der Waals surface area contributed by atoms with Gasteiger partial charge >= 0.3 is 0 Å². The first-order valence-electron chi connectivity index (χ1n) is 10.2. The highest BCUT2D eigenvalue weighted by atomic mass is 16.5. The minimum Gasteiger partial charge on any atom is -0.383 e. The molecule has 2 aromatic rings. The van der Waals surface area contributed by atoms with Crippen LogP contribution in [0.5, 0.6) is 0 Å². The summed E-state index contributed by atoms with van der Waals surface area (Å²) in [5.74, 6) is 1.14. The van der Waals surface area contributed by atoms with E-state index in [-0.39, 0.29) is 23.8 Å². The Morgan fingerprint density at radius 2 is 2.10 bits per heavy atom. The average Bonchev–Trinajstić information content (AvgIpc) is 3.35. The molecule has 29 heavy (non-hydrogen) atoms. The molecule has 2 N–H and O–H groups in total. The number of carbonyl (C=O) groups is 2. The van der Waals surface area contributed by atoms with E-state index in [1.54, 1.807) is 11.7 Å². The topological polar surface area (TPSA) is 114 Å². The lowest BCUT2D eigenvalue weighted by Gasteiger charge is -2.17. The third kappa shape index (κ3) is 4.02. The van der Waals surface area contributed by atoms with Crippen molar-refractivity contribution >= 4 is 28.8 Å². The Hall–Kier alpha value is -2.75. The molecular weight excluding hydrogens is 374 g/mol.